The van der Waals surface area contributed by atoms with Gasteiger partial charge in [-0.2, -0.15) is 11.8 Å². The zero-order chi connectivity index (χ0) is 13.4. The first-order valence-corrected chi connectivity index (χ1v) is 8.78. The van der Waals surface area contributed by atoms with Gasteiger partial charge in [-0.25, -0.2) is 0 Å². The van der Waals surface area contributed by atoms with Gasteiger partial charge in [0.05, 0.1) is 6.04 Å². The van der Waals surface area contributed by atoms with Crippen molar-refractivity contribution in [3.05, 3.63) is 0 Å². The van der Waals surface area contributed by atoms with Crippen LogP contribution in [-0.4, -0.2) is 46.5 Å². The van der Waals surface area contributed by atoms with E-state index < -0.39 is 0 Å². The number of hydrogen-bond acceptors (Lipinski definition) is 3. The number of thioether (sulfide) groups is 1. The second kappa shape index (κ2) is 5.65. The van der Waals surface area contributed by atoms with Crippen LogP contribution in [-0.2, 0) is 4.79 Å². The molecule has 2 heterocycles. The third-order valence-corrected chi connectivity index (χ3v) is 6.12. The molecule has 0 aromatic heterocycles. The van der Waals surface area contributed by atoms with E-state index in [0.29, 0.717) is 22.4 Å². The van der Waals surface area contributed by atoms with Crippen LogP contribution in [0.2, 0.25) is 0 Å². The summed E-state index contributed by atoms with van der Waals surface area (Å²) in [4.78, 5) is 14.8. The summed E-state index contributed by atoms with van der Waals surface area (Å²) in [5, 5.41) is 4.78. The van der Waals surface area contributed by atoms with E-state index in [1.807, 2.05) is 11.8 Å². The van der Waals surface area contributed by atoms with Crippen molar-refractivity contribution >= 4 is 17.7 Å². The second-order valence-corrected chi connectivity index (χ2v) is 8.49. The van der Waals surface area contributed by atoms with Crippen molar-refractivity contribution < 1.29 is 4.79 Å². The summed E-state index contributed by atoms with van der Waals surface area (Å²) in [5.41, 5.74) is 0. The van der Waals surface area contributed by atoms with Crippen LogP contribution in [0.3, 0.4) is 0 Å². The van der Waals surface area contributed by atoms with E-state index in [4.69, 9.17) is 0 Å². The molecule has 0 aromatic carbocycles. The zero-order valence-electron chi connectivity index (χ0n) is 12.1. The van der Waals surface area contributed by atoms with Gasteiger partial charge in [-0.3, -0.25) is 4.79 Å². The second-order valence-electron chi connectivity index (χ2n) is 6.61. The number of hydrogen-bond donors (Lipinski definition) is 1. The van der Waals surface area contributed by atoms with Gasteiger partial charge in [0.1, 0.15) is 0 Å². The van der Waals surface area contributed by atoms with Crippen LogP contribution in [0, 0.1) is 5.92 Å². The van der Waals surface area contributed by atoms with Crippen molar-refractivity contribution in [2.24, 2.45) is 5.92 Å². The molecule has 0 bridgehead atoms. The third-order valence-electron chi connectivity index (χ3n) is 4.89. The molecule has 19 heavy (non-hydrogen) atoms. The van der Waals surface area contributed by atoms with Crippen molar-refractivity contribution in [1.82, 2.24) is 10.2 Å². The quantitative estimate of drug-likeness (QED) is 0.801. The minimum Gasteiger partial charge on any atom is -0.339 e. The Labute approximate surface area is 120 Å². The topological polar surface area (TPSA) is 32.3 Å². The first-order chi connectivity index (χ1) is 9.13. The number of nitrogens with one attached hydrogen (secondary N) is 1. The molecule has 4 heteroatoms. The molecule has 5 atom stereocenters. The van der Waals surface area contributed by atoms with Gasteiger partial charge in [-0.15, -0.1) is 0 Å². The van der Waals surface area contributed by atoms with Crippen molar-refractivity contribution in [1.29, 1.82) is 0 Å². The fourth-order valence-electron chi connectivity index (χ4n) is 4.09. The zero-order valence-corrected chi connectivity index (χ0v) is 12.9. The lowest BCUT2D eigenvalue weighted by molar-refractivity contribution is -0.133. The molecule has 1 saturated carbocycles. The monoisotopic (exact) mass is 282 g/mol. The molecule has 1 aliphatic carbocycles. The number of nitrogens with zero attached hydrogens (tertiary/aromatic N) is 1. The number of rotatable bonds is 1. The van der Waals surface area contributed by atoms with Crippen LogP contribution < -0.4 is 5.32 Å². The average Bonchev–Trinajstić information content (AvgIpc) is 2.80. The summed E-state index contributed by atoms with van der Waals surface area (Å²) in [6, 6.07) is 0.729. The highest BCUT2D eigenvalue weighted by Crippen LogP contribution is 2.34. The van der Waals surface area contributed by atoms with Gasteiger partial charge in [0.25, 0.3) is 0 Å². The van der Waals surface area contributed by atoms with Gasteiger partial charge in [0, 0.05) is 29.6 Å². The fourth-order valence-corrected chi connectivity index (χ4v) is 5.41. The smallest absolute Gasteiger partial charge is 0.239 e. The molecule has 0 radical (unpaired) electrons. The van der Waals surface area contributed by atoms with Crippen LogP contribution in [0.15, 0.2) is 0 Å². The highest BCUT2D eigenvalue weighted by Gasteiger charge is 2.40. The minimum atomic E-state index is 0.107. The predicted octanol–water partition coefficient (Wildman–Crippen LogP) is 2.26. The van der Waals surface area contributed by atoms with Gasteiger partial charge in [0.15, 0.2) is 0 Å². The van der Waals surface area contributed by atoms with E-state index >= 15 is 0 Å². The van der Waals surface area contributed by atoms with E-state index in [1.54, 1.807) is 0 Å². The normalized spacial score (nSPS) is 43.1. The Morgan fingerprint density at radius 3 is 2.53 bits per heavy atom. The maximum Gasteiger partial charge on any atom is 0.239 e. The number of carbonyl (C=O) groups excluding carboxylic acids is 1. The van der Waals surface area contributed by atoms with E-state index in [0.717, 1.165) is 25.4 Å². The Bertz CT molecular complexity index is 325. The predicted molar refractivity (Wildman–Crippen MR) is 80.4 cm³/mol. The first kappa shape index (κ1) is 13.7. The van der Waals surface area contributed by atoms with E-state index in [2.05, 4.69) is 24.1 Å². The SMILES string of the molecule is CC1CN(C(=O)C2CC3CCCCC3N2)CC(C)S1. The number of carbonyl (C=O) groups is 1. The van der Waals surface area contributed by atoms with E-state index in [1.165, 1.54) is 25.7 Å². The minimum absolute atomic E-state index is 0.107. The molecule has 0 spiro atoms. The highest BCUT2D eigenvalue weighted by molar-refractivity contribution is 8.00. The highest BCUT2D eigenvalue weighted by atomic mass is 32.2. The average molecular weight is 282 g/mol. The van der Waals surface area contributed by atoms with Gasteiger partial charge >= 0.3 is 0 Å². The summed E-state index contributed by atoms with van der Waals surface area (Å²) in [5.74, 6) is 1.13. The molecule has 1 N–H and O–H groups in total. The molecule has 3 nitrogen and oxygen atoms in total. The van der Waals surface area contributed by atoms with Gasteiger partial charge in [0.2, 0.25) is 5.91 Å². The summed E-state index contributed by atoms with van der Waals surface area (Å²) in [6.45, 7) is 6.34. The van der Waals surface area contributed by atoms with Crippen LogP contribution >= 0.6 is 11.8 Å². The standard InChI is InChI=1S/C15H26N2OS/c1-10-8-17(9-11(2)19-10)15(18)14-7-12-5-3-4-6-13(12)16-14/h10-14,16H,3-9H2,1-2H3. The fraction of sp³-hybridized carbons (Fsp3) is 0.933. The van der Waals surface area contributed by atoms with Gasteiger partial charge < -0.3 is 10.2 Å². The van der Waals surface area contributed by atoms with Crippen LogP contribution in [0.1, 0.15) is 46.0 Å². The maximum atomic E-state index is 12.7. The lowest BCUT2D eigenvalue weighted by atomic mass is 9.85. The molecular formula is C15H26N2OS. The molecule has 1 amide bonds. The Morgan fingerprint density at radius 1 is 1.16 bits per heavy atom. The maximum absolute atomic E-state index is 12.7. The van der Waals surface area contributed by atoms with Crippen LogP contribution in [0.4, 0.5) is 0 Å². The summed E-state index contributed by atoms with van der Waals surface area (Å²) < 4.78 is 0. The summed E-state index contributed by atoms with van der Waals surface area (Å²) in [6.07, 6.45) is 6.37. The molecule has 2 saturated heterocycles. The lowest BCUT2D eigenvalue weighted by Crippen LogP contribution is -2.51. The molecule has 3 aliphatic rings. The Morgan fingerprint density at radius 2 is 1.84 bits per heavy atom. The van der Waals surface area contributed by atoms with E-state index in [-0.39, 0.29) is 6.04 Å². The number of amides is 1. The largest absolute Gasteiger partial charge is 0.339 e. The van der Waals surface area contributed by atoms with Crippen LogP contribution in [0.5, 0.6) is 0 Å². The lowest BCUT2D eigenvalue weighted by Gasteiger charge is -2.36. The van der Waals surface area contributed by atoms with Crippen molar-refractivity contribution in [3.8, 4) is 0 Å². The van der Waals surface area contributed by atoms with Crippen LogP contribution in [0.25, 0.3) is 0 Å². The van der Waals surface area contributed by atoms with Crippen molar-refractivity contribution in [3.63, 3.8) is 0 Å². The molecule has 0 aromatic rings. The molecule has 5 unspecified atom stereocenters. The molecule has 2 aliphatic heterocycles. The molecule has 108 valence electrons. The Hall–Kier alpha value is -0.220. The number of fused-ring (bicyclic) bond motifs is 1. The Kier molecular flexibility index (Phi) is 4.08. The third kappa shape index (κ3) is 2.94. The molecular weight excluding hydrogens is 256 g/mol. The van der Waals surface area contributed by atoms with E-state index in [9.17, 15) is 4.79 Å². The summed E-state index contributed by atoms with van der Waals surface area (Å²) >= 11 is 2.01. The molecule has 3 rings (SSSR count). The van der Waals surface area contributed by atoms with Crippen molar-refractivity contribution in [2.75, 3.05) is 13.1 Å². The first-order valence-electron chi connectivity index (χ1n) is 7.84. The summed E-state index contributed by atoms with van der Waals surface area (Å²) in [7, 11) is 0. The van der Waals surface area contributed by atoms with Crippen molar-refractivity contribution in [2.45, 2.75) is 68.5 Å². The van der Waals surface area contributed by atoms with Gasteiger partial charge in [-0.05, 0) is 25.2 Å². The Balaban J connectivity index is 1.61. The molecule has 3 fully saturated rings. The van der Waals surface area contributed by atoms with Gasteiger partial charge in [-0.1, -0.05) is 26.7 Å².